The smallest absolute Gasteiger partial charge is 0.413 e. The van der Waals surface area contributed by atoms with Crippen LogP contribution in [0.2, 0.25) is 0 Å². The summed E-state index contributed by atoms with van der Waals surface area (Å²) in [5.74, 6) is 1.05. The molecule has 0 radical (unpaired) electrons. The molecule has 0 saturated carbocycles. The number of ether oxygens (including phenoxy) is 2. The second kappa shape index (κ2) is 11.6. The first kappa shape index (κ1) is 24.3. The molecule has 1 N–H and O–H groups in total. The lowest BCUT2D eigenvalue weighted by molar-refractivity contribution is 0.199. The van der Waals surface area contributed by atoms with Crippen molar-refractivity contribution >= 4 is 44.1 Å². The van der Waals surface area contributed by atoms with Crippen LogP contribution in [0, 0.1) is 0 Å². The van der Waals surface area contributed by atoms with Crippen LogP contribution >= 0.6 is 11.3 Å². The fraction of sp³-hybridized carbons (Fsp3) is 0.357. The summed E-state index contributed by atoms with van der Waals surface area (Å²) in [5, 5.41) is 7.13. The van der Waals surface area contributed by atoms with Crippen molar-refractivity contribution in [1.29, 1.82) is 0 Å². The van der Waals surface area contributed by atoms with Gasteiger partial charge < -0.3 is 19.7 Å². The molecule has 1 amide bonds. The highest BCUT2D eigenvalue weighted by Crippen LogP contribution is 2.31. The van der Waals surface area contributed by atoms with Gasteiger partial charge in [-0.05, 0) is 68.1 Å². The Hall–Kier alpha value is -3.36. The van der Waals surface area contributed by atoms with Gasteiger partial charge in [0.1, 0.15) is 5.75 Å². The number of carbonyl (C=O) groups is 1. The fourth-order valence-corrected chi connectivity index (χ4v) is 5.40. The van der Waals surface area contributed by atoms with Gasteiger partial charge >= 0.3 is 6.09 Å². The van der Waals surface area contributed by atoms with E-state index in [1.54, 1.807) is 6.07 Å². The number of pyridine rings is 1. The summed E-state index contributed by atoms with van der Waals surface area (Å²) in [4.78, 5) is 21.2. The minimum atomic E-state index is -0.502. The molecule has 0 spiro atoms. The Balaban J connectivity index is 1.05. The number of hydrogen-bond acceptors (Lipinski definition) is 7. The summed E-state index contributed by atoms with van der Waals surface area (Å²) in [6.07, 6.45) is 1.61. The molecule has 36 heavy (non-hydrogen) atoms. The number of amides is 1. The number of rotatable bonds is 9. The predicted molar refractivity (Wildman–Crippen MR) is 147 cm³/mol. The number of anilines is 1. The minimum Gasteiger partial charge on any atom is -0.494 e. The van der Waals surface area contributed by atoms with E-state index in [0.717, 1.165) is 62.2 Å². The monoisotopic (exact) mass is 504 g/mol. The quantitative estimate of drug-likeness (QED) is 0.302. The average molecular weight is 505 g/mol. The van der Waals surface area contributed by atoms with Crippen LogP contribution in [0.1, 0.15) is 19.8 Å². The molecule has 0 aliphatic carbocycles. The van der Waals surface area contributed by atoms with E-state index in [1.165, 1.54) is 15.8 Å². The second-order valence-electron chi connectivity index (χ2n) is 8.92. The number of carbonyl (C=O) groups excluding carboxylic acids is 1. The number of fused-ring (bicyclic) bond motifs is 2. The second-order valence-corrected chi connectivity index (χ2v) is 9.87. The summed E-state index contributed by atoms with van der Waals surface area (Å²) >= 11 is 1.81. The molecule has 1 fully saturated rings. The van der Waals surface area contributed by atoms with Crippen LogP contribution in [-0.2, 0) is 0 Å². The SMILES string of the molecule is CCNC(=O)Oc1ccc2ccc(OCCCCN3CCN(c4cccc5sccc45)CC3)cc2n1. The summed E-state index contributed by atoms with van der Waals surface area (Å²) in [6.45, 7) is 8.44. The zero-order chi connectivity index (χ0) is 24.7. The van der Waals surface area contributed by atoms with Crippen molar-refractivity contribution < 1.29 is 14.3 Å². The number of aromatic nitrogens is 1. The highest BCUT2D eigenvalue weighted by Gasteiger charge is 2.18. The summed E-state index contributed by atoms with van der Waals surface area (Å²) in [7, 11) is 0. The van der Waals surface area contributed by atoms with Crippen molar-refractivity contribution in [1.82, 2.24) is 15.2 Å². The molecule has 2 aromatic heterocycles. The molecule has 3 heterocycles. The van der Waals surface area contributed by atoms with Crippen LogP contribution < -0.4 is 19.7 Å². The van der Waals surface area contributed by atoms with E-state index in [2.05, 4.69) is 49.7 Å². The number of unbranched alkanes of at least 4 members (excludes halogenated alkanes) is 1. The van der Waals surface area contributed by atoms with Gasteiger partial charge in [0.05, 0.1) is 12.1 Å². The maximum absolute atomic E-state index is 11.6. The first-order valence-corrected chi connectivity index (χ1v) is 13.5. The normalized spacial score (nSPS) is 14.3. The van der Waals surface area contributed by atoms with Crippen molar-refractivity contribution in [3.05, 3.63) is 60.0 Å². The summed E-state index contributed by atoms with van der Waals surface area (Å²) in [5.41, 5.74) is 2.11. The molecule has 8 heteroatoms. The van der Waals surface area contributed by atoms with E-state index in [0.29, 0.717) is 13.2 Å². The zero-order valence-corrected chi connectivity index (χ0v) is 21.4. The lowest BCUT2D eigenvalue weighted by Gasteiger charge is -2.36. The highest BCUT2D eigenvalue weighted by atomic mass is 32.1. The van der Waals surface area contributed by atoms with E-state index in [-0.39, 0.29) is 5.88 Å². The van der Waals surface area contributed by atoms with Gasteiger partial charge in [0.15, 0.2) is 0 Å². The molecule has 0 atom stereocenters. The van der Waals surface area contributed by atoms with Crippen LogP contribution in [-0.4, -0.2) is 61.9 Å². The first-order chi connectivity index (χ1) is 17.7. The van der Waals surface area contributed by atoms with Crippen LogP contribution in [0.3, 0.4) is 0 Å². The van der Waals surface area contributed by atoms with Crippen molar-refractivity contribution in [2.45, 2.75) is 19.8 Å². The number of hydrogen-bond donors (Lipinski definition) is 1. The molecular formula is C28H32N4O3S. The van der Waals surface area contributed by atoms with E-state index >= 15 is 0 Å². The third-order valence-corrected chi connectivity index (χ3v) is 7.36. The Morgan fingerprint density at radius 1 is 1.06 bits per heavy atom. The van der Waals surface area contributed by atoms with Crippen molar-refractivity contribution in [3.63, 3.8) is 0 Å². The molecule has 0 unspecified atom stereocenters. The Labute approximate surface area is 215 Å². The van der Waals surface area contributed by atoms with Crippen molar-refractivity contribution in [3.8, 4) is 11.6 Å². The van der Waals surface area contributed by atoms with Crippen molar-refractivity contribution in [2.24, 2.45) is 0 Å². The minimum absolute atomic E-state index is 0.276. The summed E-state index contributed by atoms with van der Waals surface area (Å²) in [6, 6.07) is 18.3. The van der Waals surface area contributed by atoms with Gasteiger partial charge in [-0.1, -0.05) is 6.07 Å². The van der Waals surface area contributed by atoms with E-state index < -0.39 is 6.09 Å². The third kappa shape index (κ3) is 5.88. The largest absolute Gasteiger partial charge is 0.494 e. The molecule has 1 aliphatic rings. The van der Waals surface area contributed by atoms with E-state index in [1.807, 2.05) is 42.5 Å². The number of nitrogens with one attached hydrogen (secondary N) is 1. The average Bonchev–Trinajstić information content (AvgIpc) is 3.38. The first-order valence-electron chi connectivity index (χ1n) is 12.6. The molecule has 5 rings (SSSR count). The van der Waals surface area contributed by atoms with E-state index in [9.17, 15) is 4.79 Å². The standard InChI is InChI=1S/C28H32N4O3S/c1-2-29-28(33)35-27-11-9-21-8-10-22(20-24(21)30-27)34-18-4-3-13-31-14-16-32(17-15-31)25-6-5-7-26-23(25)12-19-36-26/h5-12,19-20H,2-4,13-18H2,1H3,(H,29,33). The summed E-state index contributed by atoms with van der Waals surface area (Å²) < 4.78 is 12.6. The highest BCUT2D eigenvalue weighted by molar-refractivity contribution is 7.17. The molecule has 1 saturated heterocycles. The van der Waals surface area contributed by atoms with Gasteiger partial charge in [-0.2, -0.15) is 0 Å². The Bertz CT molecular complexity index is 1320. The molecule has 4 aromatic rings. The Kier molecular flexibility index (Phi) is 7.83. The number of piperazine rings is 1. The van der Waals surface area contributed by atoms with Gasteiger partial charge in [0.2, 0.25) is 5.88 Å². The molecule has 7 nitrogen and oxygen atoms in total. The van der Waals surface area contributed by atoms with Gasteiger partial charge in [-0.15, -0.1) is 11.3 Å². The lowest BCUT2D eigenvalue weighted by Crippen LogP contribution is -2.46. The molecule has 0 bridgehead atoms. The van der Waals surface area contributed by atoms with Gasteiger partial charge in [-0.25, -0.2) is 9.78 Å². The third-order valence-electron chi connectivity index (χ3n) is 6.48. The fourth-order valence-electron chi connectivity index (χ4n) is 4.59. The molecule has 2 aromatic carbocycles. The van der Waals surface area contributed by atoms with Crippen LogP contribution in [0.5, 0.6) is 11.6 Å². The number of nitrogens with zero attached hydrogens (tertiary/aromatic N) is 3. The van der Waals surface area contributed by atoms with E-state index in [4.69, 9.17) is 9.47 Å². The van der Waals surface area contributed by atoms with Gasteiger partial charge in [-0.3, -0.25) is 4.90 Å². The van der Waals surface area contributed by atoms with Crippen LogP contribution in [0.25, 0.3) is 21.0 Å². The lowest BCUT2D eigenvalue weighted by atomic mass is 10.2. The maximum atomic E-state index is 11.6. The number of thiophene rings is 1. The maximum Gasteiger partial charge on any atom is 0.413 e. The molecular weight excluding hydrogens is 472 g/mol. The molecule has 1 aliphatic heterocycles. The Morgan fingerprint density at radius 2 is 1.92 bits per heavy atom. The number of benzene rings is 2. The molecule has 188 valence electrons. The van der Waals surface area contributed by atoms with Crippen LogP contribution in [0.4, 0.5) is 10.5 Å². The van der Waals surface area contributed by atoms with Gasteiger partial charge in [0, 0.05) is 66.0 Å². The topological polar surface area (TPSA) is 66.9 Å². The van der Waals surface area contributed by atoms with Gasteiger partial charge in [0.25, 0.3) is 0 Å². The Morgan fingerprint density at radius 3 is 2.78 bits per heavy atom. The predicted octanol–water partition coefficient (Wildman–Crippen LogP) is 5.54. The zero-order valence-electron chi connectivity index (χ0n) is 20.6. The van der Waals surface area contributed by atoms with Crippen molar-refractivity contribution in [2.75, 3.05) is 50.8 Å². The van der Waals surface area contributed by atoms with Crippen LogP contribution in [0.15, 0.2) is 60.0 Å².